The first kappa shape index (κ1) is 23.1. The monoisotopic (exact) mass is 469 g/mol. The molecule has 5 rings (SSSR count). The second kappa shape index (κ2) is 9.88. The van der Waals surface area contributed by atoms with Gasteiger partial charge in [-0.25, -0.2) is 9.78 Å². The topological polar surface area (TPSA) is 63.5 Å². The third-order valence-electron chi connectivity index (χ3n) is 6.87. The number of piperazine rings is 1. The number of methoxy groups -OCH3 is 1. The van der Waals surface area contributed by atoms with Crippen LogP contribution in [0, 0.1) is 0 Å². The zero-order valence-corrected chi connectivity index (χ0v) is 20.5. The molecule has 4 heterocycles. The number of anilines is 1. The van der Waals surface area contributed by atoms with Gasteiger partial charge in [-0.15, -0.1) is 0 Å². The highest BCUT2D eigenvalue weighted by Gasteiger charge is 2.30. The van der Waals surface area contributed by atoms with Gasteiger partial charge < -0.3 is 14.2 Å². The number of benzene rings is 1. The number of carbonyl (C=O) groups excluding carboxylic acids is 1. The molecule has 0 spiro atoms. The Morgan fingerprint density at radius 2 is 1.77 bits per heavy atom. The lowest BCUT2D eigenvalue weighted by atomic mass is 10.1. The van der Waals surface area contributed by atoms with Crippen LogP contribution in [0.1, 0.15) is 35.3 Å². The molecular weight excluding hydrogens is 438 g/mol. The minimum Gasteiger partial charge on any atom is -0.465 e. The van der Waals surface area contributed by atoms with Crippen molar-refractivity contribution in [2.75, 3.05) is 25.1 Å². The summed E-state index contributed by atoms with van der Waals surface area (Å²) < 4.78 is 6.93. The third-order valence-corrected chi connectivity index (χ3v) is 6.87. The summed E-state index contributed by atoms with van der Waals surface area (Å²) in [6, 6.07) is 16.9. The van der Waals surface area contributed by atoms with Gasteiger partial charge in [-0.2, -0.15) is 0 Å². The summed E-state index contributed by atoms with van der Waals surface area (Å²) in [6.45, 7) is 8.14. The molecule has 0 unspecified atom stereocenters. The molecule has 1 aliphatic heterocycles. The molecule has 1 aromatic carbocycles. The van der Waals surface area contributed by atoms with Crippen LogP contribution in [0.4, 0.5) is 5.69 Å². The molecule has 0 aliphatic carbocycles. The van der Waals surface area contributed by atoms with Gasteiger partial charge >= 0.3 is 5.97 Å². The standard InChI is InChI=1S/C28H31N5O2/c1-20-16-32(17-21(2)33(20)19-23-5-4-11-29-14-23)26-13-25-10-12-31(27(25)30-15-26)18-22-6-8-24(9-7-22)28(34)35-3/h4-15,20-21H,16-19H2,1-3H3/t20-,21+. The molecule has 0 N–H and O–H groups in total. The molecule has 0 bridgehead atoms. The predicted octanol–water partition coefficient (Wildman–Crippen LogP) is 4.37. The number of hydrogen-bond acceptors (Lipinski definition) is 6. The van der Waals surface area contributed by atoms with E-state index in [1.54, 1.807) is 12.1 Å². The van der Waals surface area contributed by atoms with Crippen molar-refractivity contribution < 1.29 is 9.53 Å². The lowest BCUT2D eigenvalue weighted by Gasteiger charge is -2.45. The molecule has 1 saturated heterocycles. The maximum Gasteiger partial charge on any atom is 0.337 e. The number of pyridine rings is 2. The second-order valence-corrected chi connectivity index (χ2v) is 9.38. The quantitative estimate of drug-likeness (QED) is 0.391. The number of esters is 1. The molecule has 4 aromatic rings. The number of carbonyl (C=O) groups is 1. The average Bonchev–Trinajstić information content (AvgIpc) is 3.28. The molecule has 3 aromatic heterocycles. The van der Waals surface area contributed by atoms with E-state index in [1.165, 1.54) is 12.7 Å². The van der Waals surface area contributed by atoms with E-state index in [4.69, 9.17) is 9.72 Å². The van der Waals surface area contributed by atoms with Crippen LogP contribution in [0.15, 0.2) is 73.3 Å². The molecule has 2 atom stereocenters. The van der Waals surface area contributed by atoms with E-state index in [2.05, 4.69) is 57.6 Å². The van der Waals surface area contributed by atoms with Crippen molar-refractivity contribution in [2.24, 2.45) is 0 Å². The summed E-state index contributed by atoms with van der Waals surface area (Å²) in [6.07, 6.45) is 7.86. The van der Waals surface area contributed by atoms with Crippen LogP contribution in [-0.2, 0) is 17.8 Å². The lowest BCUT2D eigenvalue weighted by Crippen LogP contribution is -2.56. The van der Waals surface area contributed by atoms with Gasteiger partial charge in [0.25, 0.3) is 0 Å². The van der Waals surface area contributed by atoms with E-state index in [0.717, 1.165) is 41.9 Å². The largest absolute Gasteiger partial charge is 0.465 e. The van der Waals surface area contributed by atoms with Crippen molar-refractivity contribution in [3.05, 3.63) is 90.0 Å². The maximum atomic E-state index is 11.7. The first-order valence-electron chi connectivity index (χ1n) is 12.0. The zero-order chi connectivity index (χ0) is 24.4. The summed E-state index contributed by atoms with van der Waals surface area (Å²) in [4.78, 5) is 25.8. The number of hydrogen-bond donors (Lipinski definition) is 0. The van der Waals surface area contributed by atoms with Crippen molar-refractivity contribution in [1.82, 2.24) is 19.4 Å². The Bertz CT molecular complexity index is 1290. The van der Waals surface area contributed by atoms with E-state index in [0.29, 0.717) is 24.2 Å². The molecule has 0 saturated carbocycles. The fourth-order valence-corrected chi connectivity index (χ4v) is 5.01. The van der Waals surface area contributed by atoms with Crippen molar-refractivity contribution in [1.29, 1.82) is 0 Å². The molecule has 7 heteroatoms. The molecule has 0 amide bonds. The second-order valence-electron chi connectivity index (χ2n) is 9.38. The van der Waals surface area contributed by atoms with Gasteiger partial charge in [-0.05, 0) is 55.3 Å². The van der Waals surface area contributed by atoms with Crippen LogP contribution in [0.25, 0.3) is 11.0 Å². The van der Waals surface area contributed by atoms with Crippen LogP contribution in [0.2, 0.25) is 0 Å². The summed E-state index contributed by atoms with van der Waals surface area (Å²) in [5, 5.41) is 1.13. The van der Waals surface area contributed by atoms with E-state index in [-0.39, 0.29) is 5.97 Å². The molecule has 1 fully saturated rings. The fourth-order valence-electron chi connectivity index (χ4n) is 5.01. The number of nitrogens with zero attached hydrogens (tertiary/aromatic N) is 5. The van der Waals surface area contributed by atoms with Crippen molar-refractivity contribution >= 4 is 22.7 Å². The average molecular weight is 470 g/mol. The number of ether oxygens (including phenoxy) is 1. The molecule has 180 valence electrons. The van der Waals surface area contributed by atoms with Crippen LogP contribution in [0.3, 0.4) is 0 Å². The van der Waals surface area contributed by atoms with E-state index >= 15 is 0 Å². The van der Waals surface area contributed by atoms with Crippen molar-refractivity contribution in [3.63, 3.8) is 0 Å². The van der Waals surface area contributed by atoms with E-state index < -0.39 is 0 Å². The lowest BCUT2D eigenvalue weighted by molar-refractivity contribution is 0.0600. The van der Waals surface area contributed by atoms with Crippen LogP contribution in [0.5, 0.6) is 0 Å². The maximum absolute atomic E-state index is 11.7. The number of aromatic nitrogens is 3. The smallest absolute Gasteiger partial charge is 0.337 e. The summed E-state index contributed by atoms with van der Waals surface area (Å²) in [5.41, 5.74) is 5.04. The number of rotatable bonds is 6. The van der Waals surface area contributed by atoms with Gasteiger partial charge in [0, 0.05) is 62.2 Å². The van der Waals surface area contributed by atoms with Crippen LogP contribution in [-0.4, -0.2) is 57.7 Å². The van der Waals surface area contributed by atoms with Gasteiger partial charge in [0.2, 0.25) is 0 Å². The summed E-state index contributed by atoms with van der Waals surface area (Å²) in [7, 11) is 1.39. The van der Waals surface area contributed by atoms with E-state index in [9.17, 15) is 4.79 Å². The van der Waals surface area contributed by atoms with Gasteiger partial charge in [0.15, 0.2) is 0 Å². The molecule has 35 heavy (non-hydrogen) atoms. The third kappa shape index (κ3) is 4.91. The predicted molar refractivity (Wildman–Crippen MR) is 138 cm³/mol. The number of fused-ring (bicyclic) bond motifs is 1. The van der Waals surface area contributed by atoms with Crippen LogP contribution >= 0.6 is 0 Å². The zero-order valence-electron chi connectivity index (χ0n) is 20.5. The minimum absolute atomic E-state index is 0.321. The SMILES string of the molecule is COC(=O)c1ccc(Cn2ccc3cc(N4C[C@@H](C)N(Cc5cccnc5)[C@@H](C)C4)cnc32)cc1. The Hall–Kier alpha value is -3.71. The Kier molecular flexibility index (Phi) is 6.51. The normalized spacial score (nSPS) is 18.7. The first-order chi connectivity index (χ1) is 17.0. The minimum atomic E-state index is -0.321. The fraction of sp³-hybridized carbons (Fsp3) is 0.321. The first-order valence-corrected chi connectivity index (χ1v) is 12.0. The molecule has 0 radical (unpaired) electrons. The Balaban J connectivity index is 1.29. The highest BCUT2D eigenvalue weighted by atomic mass is 16.5. The molecular formula is C28H31N5O2. The van der Waals surface area contributed by atoms with Gasteiger partial charge in [-0.1, -0.05) is 18.2 Å². The van der Waals surface area contributed by atoms with Crippen LogP contribution < -0.4 is 4.90 Å². The van der Waals surface area contributed by atoms with Gasteiger partial charge in [-0.3, -0.25) is 9.88 Å². The van der Waals surface area contributed by atoms with Crippen molar-refractivity contribution in [3.8, 4) is 0 Å². The van der Waals surface area contributed by atoms with Gasteiger partial charge in [0.1, 0.15) is 5.65 Å². The Morgan fingerprint density at radius 1 is 1.00 bits per heavy atom. The summed E-state index contributed by atoms with van der Waals surface area (Å²) >= 11 is 0. The Labute approximate surface area is 206 Å². The van der Waals surface area contributed by atoms with Crippen molar-refractivity contribution in [2.45, 2.75) is 39.0 Å². The summed E-state index contributed by atoms with van der Waals surface area (Å²) in [5.74, 6) is -0.321. The molecule has 7 nitrogen and oxygen atoms in total. The highest BCUT2D eigenvalue weighted by molar-refractivity contribution is 5.89. The molecule has 1 aliphatic rings. The highest BCUT2D eigenvalue weighted by Crippen LogP contribution is 2.27. The van der Waals surface area contributed by atoms with Gasteiger partial charge in [0.05, 0.1) is 24.6 Å². The van der Waals surface area contributed by atoms with E-state index in [1.807, 2.05) is 36.8 Å². The Morgan fingerprint density at radius 3 is 2.46 bits per heavy atom.